The molecule has 4 aliphatic rings. The summed E-state index contributed by atoms with van der Waals surface area (Å²) in [5.41, 5.74) is 4.01. The van der Waals surface area contributed by atoms with E-state index in [-0.39, 0.29) is 16.9 Å². The number of ether oxygens (including phenoxy) is 2. The highest BCUT2D eigenvalue weighted by Gasteiger charge is 2.52. The predicted octanol–water partition coefficient (Wildman–Crippen LogP) is 8.42. The van der Waals surface area contributed by atoms with E-state index in [1.807, 2.05) is 31.2 Å². The first-order valence-corrected chi connectivity index (χ1v) is 15.2. The smallest absolute Gasteiger partial charge is 0.338 e. The maximum atomic E-state index is 13.4. The Hall–Kier alpha value is -3.34. The number of carboxylic acid groups (broad SMARTS) is 1. The Balaban J connectivity index is 1.52. The lowest BCUT2D eigenvalue weighted by Crippen LogP contribution is -2.49. The molecule has 4 saturated carbocycles. The Morgan fingerprint density at radius 2 is 1.57 bits per heavy atom. The van der Waals surface area contributed by atoms with Crippen LogP contribution in [0.1, 0.15) is 97.9 Å². The predicted molar refractivity (Wildman–Crippen MR) is 157 cm³/mol. The van der Waals surface area contributed by atoms with Gasteiger partial charge in [0.25, 0.3) is 0 Å². The first-order chi connectivity index (χ1) is 19.4. The number of hydrogen-bond donors (Lipinski definition) is 1. The number of carbonyl (C=O) groups excluding carboxylic acids is 1. The fraction of sp³-hybridized carbons (Fsp3) is 0.486. The molecule has 210 valence electrons. The number of rotatable bonds is 10. The van der Waals surface area contributed by atoms with Crippen LogP contribution in [0, 0.1) is 17.8 Å². The monoisotopic (exact) mass is 540 g/mol. The molecule has 5 nitrogen and oxygen atoms in total. The van der Waals surface area contributed by atoms with Crippen LogP contribution < -0.4 is 4.74 Å². The van der Waals surface area contributed by atoms with Gasteiger partial charge in [0.2, 0.25) is 0 Å². The van der Waals surface area contributed by atoms with Crippen LogP contribution in [-0.2, 0) is 10.2 Å². The third kappa shape index (κ3) is 4.88. The van der Waals surface area contributed by atoms with Crippen molar-refractivity contribution < 1.29 is 24.2 Å². The molecule has 5 heteroatoms. The van der Waals surface area contributed by atoms with Crippen molar-refractivity contribution in [2.45, 2.75) is 77.0 Å². The van der Waals surface area contributed by atoms with Crippen molar-refractivity contribution in [3.05, 3.63) is 65.2 Å². The fourth-order valence-electron chi connectivity index (χ4n) is 8.30. The Morgan fingerprint density at radius 1 is 0.900 bits per heavy atom. The van der Waals surface area contributed by atoms with Gasteiger partial charge in [-0.3, -0.25) is 0 Å². The van der Waals surface area contributed by atoms with Gasteiger partial charge in [-0.05, 0) is 116 Å². The van der Waals surface area contributed by atoms with Gasteiger partial charge in [-0.25, -0.2) is 9.59 Å². The summed E-state index contributed by atoms with van der Waals surface area (Å²) in [5.74, 6) is 1.90. The van der Waals surface area contributed by atoms with Gasteiger partial charge in [0.05, 0.1) is 24.3 Å². The topological polar surface area (TPSA) is 72.8 Å². The van der Waals surface area contributed by atoms with Crippen LogP contribution in [0.3, 0.4) is 0 Å². The number of carbonyl (C=O) groups is 2. The van der Waals surface area contributed by atoms with Crippen molar-refractivity contribution in [2.24, 2.45) is 17.8 Å². The molecule has 0 atom stereocenters. The SMILES string of the molecule is CCCCCOc1c(-c2ccc(C(=O)O)cc2)ccc2cc(C(=O)OCC)c(C34CC5CC(CC(C5)C3)C4)cc12. The Morgan fingerprint density at radius 3 is 2.17 bits per heavy atom. The molecule has 3 aromatic carbocycles. The average molecular weight is 541 g/mol. The van der Waals surface area contributed by atoms with Gasteiger partial charge >= 0.3 is 11.9 Å². The van der Waals surface area contributed by atoms with E-state index in [4.69, 9.17) is 9.47 Å². The normalized spacial score (nSPS) is 24.8. The Labute approximate surface area is 236 Å². The zero-order chi connectivity index (χ0) is 27.9. The van der Waals surface area contributed by atoms with Gasteiger partial charge < -0.3 is 14.6 Å². The second-order valence-corrected chi connectivity index (χ2v) is 12.4. The van der Waals surface area contributed by atoms with Crippen molar-refractivity contribution in [2.75, 3.05) is 13.2 Å². The highest BCUT2D eigenvalue weighted by molar-refractivity contribution is 6.02. The van der Waals surface area contributed by atoms with Gasteiger partial charge in [-0.15, -0.1) is 0 Å². The van der Waals surface area contributed by atoms with Crippen LogP contribution in [0.2, 0.25) is 0 Å². The van der Waals surface area contributed by atoms with Gasteiger partial charge in [0.15, 0.2) is 0 Å². The van der Waals surface area contributed by atoms with E-state index in [0.29, 0.717) is 18.8 Å². The maximum Gasteiger partial charge on any atom is 0.338 e. The van der Waals surface area contributed by atoms with Crippen molar-refractivity contribution >= 4 is 22.7 Å². The summed E-state index contributed by atoms with van der Waals surface area (Å²) < 4.78 is 12.2. The van der Waals surface area contributed by atoms with Crippen molar-refractivity contribution in [3.63, 3.8) is 0 Å². The minimum atomic E-state index is -0.937. The molecule has 0 aliphatic heterocycles. The third-order valence-corrected chi connectivity index (χ3v) is 9.65. The summed E-state index contributed by atoms with van der Waals surface area (Å²) in [5, 5.41) is 11.4. The number of benzene rings is 3. The second kappa shape index (κ2) is 10.9. The van der Waals surface area contributed by atoms with E-state index in [1.54, 1.807) is 12.1 Å². The highest BCUT2D eigenvalue weighted by Crippen LogP contribution is 2.61. The number of aromatic carboxylic acids is 1. The largest absolute Gasteiger partial charge is 0.492 e. The molecule has 0 aromatic heterocycles. The highest BCUT2D eigenvalue weighted by atomic mass is 16.5. The van der Waals surface area contributed by atoms with Crippen molar-refractivity contribution in [1.82, 2.24) is 0 Å². The van der Waals surface area contributed by atoms with Crippen molar-refractivity contribution in [3.8, 4) is 16.9 Å². The van der Waals surface area contributed by atoms with Gasteiger partial charge in [0.1, 0.15) is 5.75 Å². The lowest BCUT2D eigenvalue weighted by atomic mass is 9.47. The van der Waals surface area contributed by atoms with E-state index in [1.165, 1.54) is 19.3 Å². The van der Waals surface area contributed by atoms with Crippen LogP contribution in [0.25, 0.3) is 21.9 Å². The summed E-state index contributed by atoms with van der Waals surface area (Å²) in [7, 11) is 0. The van der Waals surface area contributed by atoms with E-state index in [9.17, 15) is 14.7 Å². The maximum absolute atomic E-state index is 13.4. The number of unbranched alkanes of at least 4 members (excludes halogenated alkanes) is 2. The summed E-state index contributed by atoms with van der Waals surface area (Å²) in [6.07, 6.45) is 10.6. The van der Waals surface area contributed by atoms with E-state index in [0.717, 1.165) is 89.5 Å². The molecule has 0 saturated heterocycles. The molecule has 40 heavy (non-hydrogen) atoms. The lowest BCUT2D eigenvalue weighted by molar-refractivity contribution is -0.00599. The third-order valence-electron chi connectivity index (χ3n) is 9.65. The van der Waals surface area contributed by atoms with Gasteiger partial charge in [-0.1, -0.05) is 44.0 Å². The standard InChI is InChI=1S/C35H40O5/c1-3-5-6-13-40-32-28(25-7-9-26(10-8-25)33(36)37)12-11-27-17-30(34(38)39-4-2)31(18-29(27)32)35-19-22-14-23(20-35)16-24(15-22)21-35/h7-12,17-18,22-24H,3-6,13-16,19-21H2,1-2H3,(H,36,37). The van der Waals surface area contributed by atoms with E-state index in [2.05, 4.69) is 19.1 Å². The van der Waals surface area contributed by atoms with Crippen LogP contribution in [-0.4, -0.2) is 30.3 Å². The van der Waals surface area contributed by atoms with Crippen LogP contribution >= 0.6 is 0 Å². The zero-order valence-electron chi connectivity index (χ0n) is 23.7. The number of fused-ring (bicyclic) bond motifs is 1. The molecular formula is C35H40O5. The zero-order valence-corrected chi connectivity index (χ0v) is 23.7. The Bertz CT molecular complexity index is 1380. The molecule has 4 bridgehead atoms. The first kappa shape index (κ1) is 26.9. The average Bonchev–Trinajstić information content (AvgIpc) is 2.94. The molecule has 4 fully saturated rings. The molecule has 7 rings (SSSR count). The summed E-state index contributed by atoms with van der Waals surface area (Å²) in [6, 6.07) is 15.4. The van der Waals surface area contributed by atoms with E-state index < -0.39 is 5.97 Å². The molecule has 4 aliphatic carbocycles. The molecule has 0 amide bonds. The molecule has 0 radical (unpaired) electrons. The number of esters is 1. The molecule has 0 heterocycles. The number of carboxylic acids is 1. The second-order valence-electron chi connectivity index (χ2n) is 12.4. The van der Waals surface area contributed by atoms with Crippen LogP contribution in [0.15, 0.2) is 48.5 Å². The van der Waals surface area contributed by atoms with Crippen LogP contribution in [0.4, 0.5) is 0 Å². The Kier molecular flexibility index (Phi) is 7.33. The summed E-state index contributed by atoms with van der Waals surface area (Å²) in [4.78, 5) is 24.9. The van der Waals surface area contributed by atoms with Gasteiger partial charge in [0, 0.05) is 10.9 Å². The minimum absolute atomic E-state index is 0.0175. The van der Waals surface area contributed by atoms with Crippen molar-refractivity contribution in [1.29, 1.82) is 0 Å². The molecular weight excluding hydrogens is 500 g/mol. The molecule has 0 spiro atoms. The first-order valence-electron chi connectivity index (χ1n) is 15.2. The van der Waals surface area contributed by atoms with Gasteiger partial charge in [-0.2, -0.15) is 0 Å². The van der Waals surface area contributed by atoms with E-state index >= 15 is 0 Å². The van der Waals surface area contributed by atoms with Crippen LogP contribution in [0.5, 0.6) is 5.75 Å². The molecule has 1 N–H and O–H groups in total. The summed E-state index contributed by atoms with van der Waals surface area (Å²) >= 11 is 0. The molecule has 3 aromatic rings. The minimum Gasteiger partial charge on any atom is -0.492 e. The lowest BCUT2D eigenvalue weighted by Gasteiger charge is -2.57. The fourth-order valence-corrected chi connectivity index (χ4v) is 8.30. The molecule has 0 unspecified atom stereocenters. The summed E-state index contributed by atoms with van der Waals surface area (Å²) in [6.45, 7) is 5.02. The number of hydrogen-bond acceptors (Lipinski definition) is 4. The quantitative estimate of drug-likeness (QED) is 0.206.